The number of rotatable bonds is 9. The van der Waals surface area contributed by atoms with E-state index in [0.29, 0.717) is 40.9 Å². The lowest BCUT2D eigenvalue weighted by Crippen LogP contribution is -2.12. The summed E-state index contributed by atoms with van der Waals surface area (Å²) in [5.41, 5.74) is 4.30. The molecule has 0 aliphatic heterocycles. The highest BCUT2D eigenvalue weighted by Gasteiger charge is 2.13. The number of pyridine rings is 1. The minimum atomic E-state index is -2.92. The summed E-state index contributed by atoms with van der Waals surface area (Å²) in [6, 6.07) is 13.8. The van der Waals surface area contributed by atoms with Crippen LogP contribution in [0.2, 0.25) is 0 Å². The number of aliphatic hydroxyl groups excluding tert-OH is 1. The molecule has 2 aromatic carbocycles. The van der Waals surface area contributed by atoms with Gasteiger partial charge in [0, 0.05) is 40.7 Å². The minimum Gasteiger partial charge on any atom is -0.476 e. The first kappa shape index (κ1) is 24.2. The van der Waals surface area contributed by atoms with Gasteiger partial charge < -0.3 is 20.5 Å². The predicted molar refractivity (Wildman–Crippen MR) is 131 cm³/mol. The van der Waals surface area contributed by atoms with Crippen LogP contribution in [0.1, 0.15) is 22.8 Å². The number of ether oxygens (including phenoxy) is 1. The van der Waals surface area contributed by atoms with E-state index in [9.17, 15) is 9.00 Å². The molecule has 0 aliphatic carbocycles. The second kappa shape index (κ2) is 10.5. The number of benzene rings is 2. The van der Waals surface area contributed by atoms with Gasteiger partial charge >= 0.3 is 0 Å². The minimum absolute atomic E-state index is 0.0231. The number of amides is 1. The zero-order chi connectivity index (χ0) is 24.0. The van der Waals surface area contributed by atoms with Gasteiger partial charge in [-0.25, -0.2) is 14.0 Å². The Balaban J connectivity index is 1.90. The van der Waals surface area contributed by atoms with Crippen LogP contribution in [-0.2, 0) is 9.73 Å². The summed E-state index contributed by atoms with van der Waals surface area (Å²) in [6.07, 6.45) is 3.03. The molecular formula is C24H28N4O4S. The number of carbonyl (C=O) groups is 1. The van der Waals surface area contributed by atoms with Crippen LogP contribution in [-0.4, -0.2) is 46.2 Å². The normalized spacial score (nSPS) is 12.6. The zero-order valence-electron chi connectivity index (χ0n) is 18.8. The van der Waals surface area contributed by atoms with Crippen LogP contribution in [0.4, 0.5) is 11.4 Å². The molecule has 0 saturated carbocycles. The van der Waals surface area contributed by atoms with Crippen molar-refractivity contribution in [1.29, 1.82) is 4.78 Å². The number of nitrogens with zero attached hydrogens (tertiary/aromatic N) is 1. The summed E-state index contributed by atoms with van der Waals surface area (Å²) < 4.78 is 25.3. The van der Waals surface area contributed by atoms with Crippen molar-refractivity contribution in [2.24, 2.45) is 0 Å². The molecule has 0 fully saturated rings. The molecule has 174 valence electrons. The first-order chi connectivity index (χ1) is 15.7. The van der Waals surface area contributed by atoms with Crippen LogP contribution < -0.4 is 15.4 Å². The van der Waals surface area contributed by atoms with Gasteiger partial charge in [0.1, 0.15) is 0 Å². The second-order valence-electron chi connectivity index (χ2n) is 7.52. The number of nitrogens with one attached hydrogen (secondary N) is 3. The third-order valence-corrected chi connectivity index (χ3v) is 6.07. The molecule has 4 N–H and O–H groups in total. The van der Waals surface area contributed by atoms with Crippen molar-refractivity contribution in [3.8, 4) is 17.0 Å². The topological polar surface area (TPSA) is 124 Å². The molecule has 3 rings (SSSR count). The Labute approximate surface area is 194 Å². The van der Waals surface area contributed by atoms with Gasteiger partial charge in [-0.2, -0.15) is 0 Å². The number of hydrogen-bond donors (Lipinski definition) is 4. The van der Waals surface area contributed by atoms with Gasteiger partial charge in [-0.05, 0) is 61.4 Å². The Hall–Kier alpha value is -3.43. The Morgan fingerprint density at radius 2 is 2.00 bits per heavy atom. The smallest absolute Gasteiger partial charge is 0.255 e. The van der Waals surface area contributed by atoms with Crippen molar-refractivity contribution in [1.82, 2.24) is 4.98 Å². The highest BCUT2D eigenvalue weighted by molar-refractivity contribution is 7.91. The molecule has 1 amide bonds. The van der Waals surface area contributed by atoms with Crippen molar-refractivity contribution in [3.63, 3.8) is 0 Å². The van der Waals surface area contributed by atoms with E-state index >= 15 is 0 Å². The van der Waals surface area contributed by atoms with Gasteiger partial charge in [0.2, 0.25) is 5.88 Å². The monoisotopic (exact) mass is 468 g/mol. The molecule has 33 heavy (non-hydrogen) atoms. The molecule has 1 unspecified atom stereocenters. The van der Waals surface area contributed by atoms with Crippen molar-refractivity contribution >= 4 is 27.0 Å². The van der Waals surface area contributed by atoms with E-state index in [1.165, 1.54) is 12.3 Å². The van der Waals surface area contributed by atoms with Gasteiger partial charge in [0.25, 0.3) is 5.91 Å². The van der Waals surface area contributed by atoms with Gasteiger partial charge in [0.05, 0.1) is 28.6 Å². The third kappa shape index (κ3) is 6.09. The SMILES string of the molecule is CCOc1ncc(-c2cc(NC(=O)c3cccc(S(C)(=N)=O)c3)ccc2C)cc1NCCO. The highest BCUT2D eigenvalue weighted by Crippen LogP contribution is 2.32. The summed E-state index contributed by atoms with van der Waals surface area (Å²) >= 11 is 0. The maximum atomic E-state index is 12.8. The van der Waals surface area contributed by atoms with Crippen molar-refractivity contribution < 1.29 is 18.8 Å². The third-order valence-electron chi connectivity index (χ3n) is 4.91. The maximum Gasteiger partial charge on any atom is 0.255 e. The number of anilines is 2. The van der Waals surface area contributed by atoms with Gasteiger partial charge in [0.15, 0.2) is 0 Å². The largest absolute Gasteiger partial charge is 0.476 e. The summed E-state index contributed by atoms with van der Waals surface area (Å²) in [4.78, 5) is 17.5. The summed E-state index contributed by atoms with van der Waals surface area (Å²) in [7, 11) is -2.92. The average molecular weight is 469 g/mol. The molecule has 0 aliphatic rings. The van der Waals surface area contributed by atoms with E-state index in [1.54, 1.807) is 30.5 Å². The molecule has 0 saturated heterocycles. The number of aromatic nitrogens is 1. The summed E-state index contributed by atoms with van der Waals surface area (Å²) in [6.45, 7) is 4.65. The standard InChI is InChI=1S/C24H28N4O4S/c1-4-32-24-22(26-10-11-29)13-18(15-27-24)21-14-19(9-8-16(21)2)28-23(30)17-6-5-7-20(12-17)33(3,25)31/h5-9,12-15,25-26,29H,4,10-11H2,1-3H3,(H,28,30). The van der Waals surface area contributed by atoms with Crippen LogP contribution in [0.5, 0.6) is 5.88 Å². The fourth-order valence-corrected chi connectivity index (χ4v) is 3.95. The number of aliphatic hydroxyl groups is 1. The molecule has 9 heteroatoms. The Morgan fingerprint density at radius 1 is 1.21 bits per heavy atom. The lowest BCUT2D eigenvalue weighted by Gasteiger charge is -2.15. The number of hydrogen-bond acceptors (Lipinski definition) is 7. The highest BCUT2D eigenvalue weighted by atomic mass is 32.2. The van der Waals surface area contributed by atoms with E-state index in [0.717, 1.165) is 16.7 Å². The molecule has 1 aromatic heterocycles. The Kier molecular flexibility index (Phi) is 7.67. The predicted octanol–water partition coefficient (Wildman–Crippen LogP) is 4.15. The van der Waals surface area contributed by atoms with Gasteiger partial charge in [-0.3, -0.25) is 4.79 Å². The zero-order valence-corrected chi connectivity index (χ0v) is 19.7. The first-order valence-electron chi connectivity index (χ1n) is 10.5. The van der Waals surface area contributed by atoms with Crippen LogP contribution >= 0.6 is 0 Å². The quantitative estimate of drug-likeness (QED) is 0.374. The average Bonchev–Trinajstić information content (AvgIpc) is 2.79. The Morgan fingerprint density at radius 3 is 2.70 bits per heavy atom. The molecule has 1 atom stereocenters. The second-order valence-corrected chi connectivity index (χ2v) is 9.67. The lowest BCUT2D eigenvalue weighted by atomic mass is 10.0. The van der Waals surface area contributed by atoms with Crippen LogP contribution in [0.3, 0.4) is 0 Å². The summed E-state index contributed by atoms with van der Waals surface area (Å²) in [5.74, 6) is 0.101. The lowest BCUT2D eigenvalue weighted by molar-refractivity contribution is 0.102. The number of aryl methyl sites for hydroxylation is 1. The molecule has 0 bridgehead atoms. The molecular weight excluding hydrogens is 440 g/mol. The van der Waals surface area contributed by atoms with Gasteiger partial charge in [-0.1, -0.05) is 12.1 Å². The van der Waals surface area contributed by atoms with Crippen LogP contribution in [0, 0.1) is 11.7 Å². The first-order valence-corrected chi connectivity index (χ1v) is 12.4. The van der Waals surface area contributed by atoms with E-state index in [2.05, 4.69) is 15.6 Å². The van der Waals surface area contributed by atoms with E-state index in [4.69, 9.17) is 14.6 Å². The van der Waals surface area contributed by atoms with Crippen molar-refractivity contribution in [3.05, 3.63) is 65.9 Å². The van der Waals surface area contributed by atoms with E-state index in [-0.39, 0.29) is 12.5 Å². The molecule has 1 heterocycles. The van der Waals surface area contributed by atoms with Crippen molar-refractivity contribution in [2.75, 3.05) is 36.6 Å². The number of carbonyl (C=O) groups excluding carboxylic acids is 1. The van der Waals surface area contributed by atoms with Crippen LogP contribution in [0.25, 0.3) is 11.1 Å². The van der Waals surface area contributed by atoms with E-state index in [1.807, 2.05) is 32.0 Å². The summed E-state index contributed by atoms with van der Waals surface area (Å²) in [5, 5.41) is 15.1. The maximum absolute atomic E-state index is 12.8. The van der Waals surface area contributed by atoms with E-state index < -0.39 is 9.73 Å². The van der Waals surface area contributed by atoms with Crippen molar-refractivity contribution in [2.45, 2.75) is 18.7 Å². The van der Waals surface area contributed by atoms with Crippen LogP contribution in [0.15, 0.2) is 59.6 Å². The molecule has 8 nitrogen and oxygen atoms in total. The fourth-order valence-electron chi connectivity index (χ4n) is 3.26. The van der Waals surface area contributed by atoms with Gasteiger partial charge in [-0.15, -0.1) is 0 Å². The Bertz CT molecular complexity index is 1260. The fraction of sp³-hybridized carbons (Fsp3) is 0.250. The molecule has 0 radical (unpaired) electrons. The molecule has 3 aromatic rings. The molecule has 0 spiro atoms.